The Balaban J connectivity index is 2.44. The molecule has 0 aromatic heterocycles. The zero-order valence-corrected chi connectivity index (χ0v) is 9.10. The molecule has 1 fully saturated rings. The average molecular weight is 192 g/mol. The SMILES string of the molecule is Cc1cc(C(C)C)cc(F)c1C1CC1. The molecule has 0 N–H and O–H groups in total. The molecule has 0 nitrogen and oxygen atoms in total. The zero-order valence-electron chi connectivity index (χ0n) is 9.10. The van der Waals surface area contributed by atoms with Gasteiger partial charge in [-0.3, -0.25) is 0 Å². The van der Waals surface area contributed by atoms with Crippen LogP contribution >= 0.6 is 0 Å². The van der Waals surface area contributed by atoms with E-state index < -0.39 is 0 Å². The number of halogens is 1. The van der Waals surface area contributed by atoms with E-state index in [1.807, 2.05) is 6.92 Å². The molecule has 0 spiro atoms. The molecule has 0 saturated heterocycles. The van der Waals surface area contributed by atoms with Crippen molar-refractivity contribution < 1.29 is 4.39 Å². The smallest absolute Gasteiger partial charge is 0.127 e. The Labute approximate surface area is 85.1 Å². The second-order valence-corrected chi connectivity index (χ2v) is 4.66. The maximum absolute atomic E-state index is 13.8. The third-order valence-electron chi connectivity index (χ3n) is 3.01. The van der Waals surface area contributed by atoms with Gasteiger partial charge in [-0.1, -0.05) is 19.9 Å². The Hall–Kier alpha value is -0.850. The van der Waals surface area contributed by atoms with E-state index in [1.165, 1.54) is 12.8 Å². The average Bonchev–Trinajstić information content (AvgIpc) is 2.86. The number of rotatable bonds is 2. The van der Waals surface area contributed by atoms with Crippen LogP contribution in [0.1, 0.15) is 55.2 Å². The first-order chi connectivity index (χ1) is 6.59. The topological polar surface area (TPSA) is 0 Å². The molecule has 76 valence electrons. The van der Waals surface area contributed by atoms with Crippen LogP contribution in [-0.4, -0.2) is 0 Å². The third-order valence-corrected chi connectivity index (χ3v) is 3.01. The third kappa shape index (κ3) is 1.68. The summed E-state index contributed by atoms with van der Waals surface area (Å²) < 4.78 is 13.8. The van der Waals surface area contributed by atoms with Crippen LogP contribution in [0.5, 0.6) is 0 Å². The van der Waals surface area contributed by atoms with Crippen molar-refractivity contribution in [3.8, 4) is 0 Å². The summed E-state index contributed by atoms with van der Waals surface area (Å²) in [5, 5.41) is 0. The van der Waals surface area contributed by atoms with Crippen LogP contribution in [0, 0.1) is 12.7 Å². The molecule has 0 bridgehead atoms. The highest BCUT2D eigenvalue weighted by Gasteiger charge is 2.28. The van der Waals surface area contributed by atoms with Crippen LogP contribution in [0.4, 0.5) is 4.39 Å². The van der Waals surface area contributed by atoms with E-state index in [0.717, 1.165) is 16.7 Å². The molecular formula is C13H17F. The van der Waals surface area contributed by atoms with Crippen molar-refractivity contribution in [1.29, 1.82) is 0 Å². The quantitative estimate of drug-likeness (QED) is 0.660. The lowest BCUT2D eigenvalue weighted by atomic mass is 9.95. The van der Waals surface area contributed by atoms with Crippen molar-refractivity contribution in [3.63, 3.8) is 0 Å². The van der Waals surface area contributed by atoms with E-state index in [2.05, 4.69) is 19.9 Å². The van der Waals surface area contributed by atoms with Crippen LogP contribution in [0.3, 0.4) is 0 Å². The predicted molar refractivity (Wildman–Crippen MR) is 57.2 cm³/mol. The normalized spacial score (nSPS) is 16.4. The summed E-state index contributed by atoms with van der Waals surface area (Å²) in [6.07, 6.45) is 2.33. The van der Waals surface area contributed by atoms with Crippen molar-refractivity contribution in [2.45, 2.75) is 45.4 Å². The fourth-order valence-corrected chi connectivity index (χ4v) is 2.00. The Morgan fingerprint density at radius 3 is 2.36 bits per heavy atom. The van der Waals surface area contributed by atoms with Gasteiger partial charge in [0.15, 0.2) is 0 Å². The molecule has 2 rings (SSSR count). The molecule has 0 radical (unpaired) electrons. The molecule has 0 unspecified atom stereocenters. The van der Waals surface area contributed by atoms with E-state index >= 15 is 0 Å². The minimum absolute atomic E-state index is 0.0104. The first-order valence-corrected chi connectivity index (χ1v) is 5.39. The number of hydrogen-bond acceptors (Lipinski definition) is 0. The second-order valence-electron chi connectivity index (χ2n) is 4.66. The van der Waals surface area contributed by atoms with Gasteiger partial charge in [-0.2, -0.15) is 0 Å². The molecule has 0 aliphatic heterocycles. The summed E-state index contributed by atoms with van der Waals surface area (Å²) in [5.74, 6) is 0.934. The van der Waals surface area contributed by atoms with Gasteiger partial charge < -0.3 is 0 Å². The largest absolute Gasteiger partial charge is 0.207 e. The van der Waals surface area contributed by atoms with Crippen molar-refractivity contribution >= 4 is 0 Å². The summed E-state index contributed by atoms with van der Waals surface area (Å²) in [6.45, 7) is 6.23. The van der Waals surface area contributed by atoms with E-state index in [-0.39, 0.29) is 5.82 Å². The number of benzene rings is 1. The van der Waals surface area contributed by atoms with Gasteiger partial charge in [0.25, 0.3) is 0 Å². The Morgan fingerprint density at radius 1 is 1.29 bits per heavy atom. The molecule has 0 heterocycles. The summed E-state index contributed by atoms with van der Waals surface area (Å²) in [7, 11) is 0. The Bertz CT molecular complexity index is 325. The molecule has 1 aromatic rings. The second kappa shape index (κ2) is 3.38. The van der Waals surface area contributed by atoms with Crippen molar-refractivity contribution in [2.24, 2.45) is 0 Å². The highest BCUT2D eigenvalue weighted by atomic mass is 19.1. The van der Waals surface area contributed by atoms with Gasteiger partial charge in [-0.05, 0) is 54.4 Å². The fourth-order valence-electron chi connectivity index (χ4n) is 2.00. The highest BCUT2D eigenvalue weighted by molar-refractivity contribution is 5.38. The van der Waals surface area contributed by atoms with Crippen molar-refractivity contribution in [3.05, 3.63) is 34.6 Å². The lowest BCUT2D eigenvalue weighted by Gasteiger charge is -2.11. The van der Waals surface area contributed by atoms with Crippen LogP contribution in [-0.2, 0) is 0 Å². The predicted octanol–water partition coefficient (Wildman–Crippen LogP) is 4.13. The minimum atomic E-state index is 0.0104. The van der Waals surface area contributed by atoms with Crippen LogP contribution in [0.25, 0.3) is 0 Å². The molecule has 1 aliphatic rings. The van der Waals surface area contributed by atoms with Crippen LogP contribution < -0.4 is 0 Å². The molecule has 1 saturated carbocycles. The van der Waals surface area contributed by atoms with Crippen molar-refractivity contribution in [1.82, 2.24) is 0 Å². The summed E-state index contributed by atoms with van der Waals surface area (Å²) >= 11 is 0. The number of aryl methyl sites for hydroxylation is 1. The van der Waals surface area contributed by atoms with Gasteiger partial charge in [0.05, 0.1) is 0 Å². The fraction of sp³-hybridized carbons (Fsp3) is 0.538. The van der Waals surface area contributed by atoms with Gasteiger partial charge in [0, 0.05) is 0 Å². The number of hydrogen-bond donors (Lipinski definition) is 0. The molecule has 1 aromatic carbocycles. The maximum Gasteiger partial charge on any atom is 0.127 e. The highest BCUT2D eigenvalue weighted by Crippen LogP contribution is 2.43. The standard InChI is InChI=1S/C13H17F/c1-8(2)11-6-9(3)13(10-4-5-10)12(14)7-11/h6-8,10H,4-5H2,1-3H3. The summed E-state index contributed by atoms with van der Waals surface area (Å²) in [5.41, 5.74) is 3.22. The van der Waals surface area contributed by atoms with Crippen molar-refractivity contribution in [2.75, 3.05) is 0 Å². The lowest BCUT2D eigenvalue weighted by molar-refractivity contribution is 0.604. The van der Waals surface area contributed by atoms with E-state index in [4.69, 9.17) is 0 Å². The first-order valence-electron chi connectivity index (χ1n) is 5.39. The van der Waals surface area contributed by atoms with E-state index in [0.29, 0.717) is 11.8 Å². The minimum Gasteiger partial charge on any atom is -0.207 e. The van der Waals surface area contributed by atoms with Crippen LogP contribution in [0.15, 0.2) is 12.1 Å². The van der Waals surface area contributed by atoms with Gasteiger partial charge in [0.2, 0.25) is 0 Å². The van der Waals surface area contributed by atoms with Gasteiger partial charge in [-0.15, -0.1) is 0 Å². The summed E-state index contributed by atoms with van der Waals surface area (Å²) in [4.78, 5) is 0. The van der Waals surface area contributed by atoms with Crippen LogP contribution in [0.2, 0.25) is 0 Å². The van der Waals surface area contributed by atoms with Gasteiger partial charge in [0.1, 0.15) is 5.82 Å². The molecule has 1 heteroatoms. The molecule has 14 heavy (non-hydrogen) atoms. The lowest BCUT2D eigenvalue weighted by Crippen LogP contribution is -1.97. The zero-order chi connectivity index (χ0) is 10.3. The monoisotopic (exact) mass is 192 g/mol. The Morgan fingerprint density at radius 2 is 1.93 bits per heavy atom. The molecular weight excluding hydrogens is 175 g/mol. The molecule has 1 aliphatic carbocycles. The maximum atomic E-state index is 13.8. The molecule has 0 amide bonds. The van der Waals surface area contributed by atoms with E-state index in [1.54, 1.807) is 6.07 Å². The summed E-state index contributed by atoms with van der Waals surface area (Å²) in [6, 6.07) is 3.85. The van der Waals surface area contributed by atoms with Gasteiger partial charge >= 0.3 is 0 Å². The molecule has 0 atom stereocenters. The van der Waals surface area contributed by atoms with E-state index in [9.17, 15) is 4.39 Å². The first kappa shape index (κ1) is 9.70. The Kier molecular flexibility index (Phi) is 2.34. The van der Waals surface area contributed by atoms with Gasteiger partial charge in [-0.25, -0.2) is 4.39 Å².